The number of sulfonamides is 1. The van der Waals surface area contributed by atoms with Crippen LogP contribution in [0.1, 0.15) is 12.8 Å². The number of nitrogens with two attached hydrogens (primary N) is 1. The van der Waals surface area contributed by atoms with Gasteiger partial charge in [0.25, 0.3) is 0 Å². The number of primary sulfonamides is 1. The molecule has 1 saturated carbocycles. The van der Waals surface area contributed by atoms with Crippen molar-refractivity contribution in [3.63, 3.8) is 0 Å². The molecule has 0 atom stereocenters. The summed E-state index contributed by atoms with van der Waals surface area (Å²) in [6.45, 7) is 0. The van der Waals surface area contributed by atoms with Crippen molar-refractivity contribution in [2.24, 2.45) is 5.14 Å². The van der Waals surface area contributed by atoms with E-state index < -0.39 is 15.0 Å². The van der Waals surface area contributed by atoms with Gasteiger partial charge in [0, 0.05) is 12.8 Å². The molecule has 1 aliphatic carbocycles. The molecule has 1 rings (SSSR count). The fourth-order valence-electron chi connectivity index (χ4n) is 0.383. The maximum Gasteiger partial charge on any atom is 0.244 e. The fraction of sp³-hybridized carbons (Fsp3) is 1.00. The normalized spacial score (nSPS) is 22.4. The SMILES string of the molecule is Cl.NS(=O)(=O)C1(F)CC1. The van der Waals surface area contributed by atoms with Crippen LogP contribution < -0.4 is 5.14 Å². The third-order valence-electron chi connectivity index (χ3n) is 1.15. The summed E-state index contributed by atoms with van der Waals surface area (Å²) in [5.74, 6) is 0. The molecule has 0 aromatic rings. The quantitative estimate of drug-likeness (QED) is 0.617. The minimum atomic E-state index is -3.90. The van der Waals surface area contributed by atoms with Crippen molar-refractivity contribution < 1.29 is 12.8 Å². The van der Waals surface area contributed by atoms with Gasteiger partial charge in [0.05, 0.1) is 0 Å². The molecule has 56 valence electrons. The molecule has 0 spiro atoms. The summed E-state index contributed by atoms with van der Waals surface area (Å²) in [6.07, 6.45) is 0.123. The highest BCUT2D eigenvalue weighted by Gasteiger charge is 2.54. The van der Waals surface area contributed by atoms with Gasteiger partial charge in [0.1, 0.15) is 0 Å². The van der Waals surface area contributed by atoms with E-state index in [0.29, 0.717) is 0 Å². The topological polar surface area (TPSA) is 60.2 Å². The molecule has 0 amide bonds. The minimum absolute atomic E-state index is 0. The molecule has 0 heterocycles. The lowest BCUT2D eigenvalue weighted by Gasteiger charge is -1.96. The Morgan fingerprint density at radius 1 is 1.44 bits per heavy atom. The number of rotatable bonds is 1. The molecule has 9 heavy (non-hydrogen) atoms. The van der Waals surface area contributed by atoms with Crippen LogP contribution >= 0.6 is 12.4 Å². The first-order valence-electron chi connectivity index (χ1n) is 2.17. The molecule has 2 N–H and O–H groups in total. The van der Waals surface area contributed by atoms with Crippen LogP contribution in [-0.4, -0.2) is 13.4 Å². The highest BCUT2D eigenvalue weighted by Crippen LogP contribution is 2.43. The predicted octanol–water partition coefficient (Wildman–Crippen LogP) is 0.156. The van der Waals surface area contributed by atoms with Crippen LogP contribution in [0.25, 0.3) is 0 Å². The Morgan fingerprint density at radius 3 is 1.78 bits per heavy atom. The summed E-state index contributed by atoms with van der Waals surface area (Å²) in [5.41, 5.74) is 0. The summed E-state index contributed by atoms with van der Waals surface area (Å²) in [5, 5.41) is 2.41. The zero-order valence-corrected chi connectivity index (χ0v) is 6.14. The Kier molecular flexibility index (Phi) is 2.10. The molecule has 0 unspecified atom stereocenters. The standard InChI is InChI=1S/C3H6FNO2S.ClH/c4-3(1-2-3)8(5,6)7;/h1-2H2,(H2,5,6,7);1H. The van der Waals surface area contributed by atoms with E-state index in [0.717, 1.165) is 0 Å². The van der Waals surface area contributed by atoms with Gasteiger partial charge in [0.2, 0.25) is 15.0 Å². The van der Waals surface area contributed by atoms with E-state index >= 15 is 0 Å². The largest absolute Gasteiger partial charge is 0.244 e. The lowest BCUT2D eigenvalue weighted by atomic mass is 10.9. The molecule has 0 aromatic carbocycles. The fourth-order valence-corrected chi connectivity index (χ4v) is 1.05. The zero-order valence-electron chi connectivity index (χ0n) is 4.50. The molecule has 0 aromatic heterocycles. The van der Waals surface area contributed by atoms with Crippen LogP contribution in [0.5, 0.6) is 0 Å². The highest BCUT2D eigenvalue weighted by atomic mass is 35.5. The van der Waals surface area contributed by atoms with Gasteiger partial charge in [-0.25, -0.2) is 17.9 Å². The average molecular weight is 176 g/mol. The van der Waals surface area contributed by atoms with E-state index in [2.05, 4.69) is 5.14 Å². The smallest absolute Gasteiger partial charge is 0.226 e. The van der Waals surface area contributed by atoms with E-state index in [9.17, 15) is 12.8 Å². The third-order valence-corrected chi connectivity index (χ3v) is 2.58. The first-order valence-corrected chi connectivity index (χ1v) is 3.72. The van der Waals surface area contributed by atoms with Crippen molar-refractivity contribution in [1.82, 2.24) is 0 Å². The molecule has 0 aliphatic heterocycles. The van der Waals surface area contributed by atoms with Gasteiger partial charge in [-0.05, 0) is 0 Å². The van der Waals surface area contributed by atoms with Crippen LogP contribution in [0.4, 0.5) is 4.39 Å². The summed E-state index contributed by atoms with van der Waals surface area (Å²) >= 11 is 0. The molecule has 0 radical (unpaired) electrons. The second-order valence-electron chi connectivity index (χ2n) is 1.93. The second kappa shape index (κ2) is 2.07. The molecule has 0 bridgehead atoms. The third kappa shape index (κ3) is 1.53. The van der Waals surface area contributed by atoms with Crippen LogP contribution in [0, 0.1) is 0 Å². The Balaban J connectivity index is 0.000000640. The Bertz CT molecular complexity index is 198. The maximum atomic E-state index is 12.3. The van der Waals surface area contributed by atoms with E-state index in [4.69, 9.17) is 0 Å². The van der Waals surface area contributed by atoms with Gasteiger partial charge in [-0.2, -0.15) is 0 Å². The average Bonchev–Trinajstić information content (AvgIpc) is 2.16. The van der Waals surface area contributed by atoms with Crippen LogP contribution in [0.2, 0.25) is 0 Å². The molecular weight excluding hydrogens is 169 g/mol. The lowest BCUT2D eigenvalue weighted by Crippen LogP contribution is -2.25. The summed E-state index contributed by atoms with van der Waals surface area (Å²) in [4.78, 5) is 0. The first-order chi connectivity index (χ1) is 3.46. The second-order valence-corrected chi connectivity index (χ2v) is 3.75. The van der Waals surface area contributed by atoms with Crippen molar-refractivity contribution >= 4 is 22.4 Å². The van der Waals surface area contributed by atoms with Gasteiger partial charge in [0.15, 0.2) is 0 Å². The Morgan fingerprint density at radius 2 is 1.78 bits per heavy atom. The monoisotopic (exact) mass is 175 g/mol. The molecule has 1 fully saturated rings. The van der Waals surface area contributed by atoms with E-state index in [-0.39, 0.29) is 25.2 Å². The summed E-state index contributed by atoms with van der Waals surface area (Å²) in [7, 11) is -3.90. The highest BCUT2D eigenvalue weighted by molar-refractivity contribution is 7.90. The lowest BCUT2D eigenvalue weighted by molar-refractivity contribution is 0.403. The molecule has 1 aliphatic rings. The predicted molar refractivity (Wildman–Crippen MR) is 33.4 cm³/mol. The van der Waals surface area contributed by atoms with E-state index in [1.54, 1.807) is 0 Å². The van der Waals surface area contributed by atoms with Crippen molar-refractivity contribution in [3.05, 3.63) is 0 Å². The number of hydrogen-bond acceptors (Lipinski definition) is 2. The van der Waals surface area contributed by atoms with E-state index in [1.807, 2.05) is 0 Å². The van der Waals surface area contributed by atoms with E-state index in [1.165, 1.54) is 0 Å². The van der Waals surface area contributed by atoms with Crippen molar-refractivity contribution in [1.29, 1.82) is 0 Å². The first kappa shape index (κ1) is 9.13. The number of halogens is 2. The summed E-state index contributed by atoms with van der Waals surface area (Å²) < 4.78 is 32.5. The molecule has 6 heteroatoms. The van der Waals surface area contributed by atoms with Crippen LogP contribution in [0.3, 0.4) is 0 Å². The van der Waals surface area contributed by atoms with Gasteiger partial charge in [-0.1, -0.05) is 0 Å². The number of alkyl halides is 1. The minimum Gasteiger partial charge on any atom is -0.226 e. The van der Waals surface area contributed by atoms with Gasteiger partial charge >= 0.3 is 0 Å². The molecule has 3 nitrogen and oxygen atoms in total. The zero-order chi connectivity index (χ0) is 6.41. The van der Waals surface area contributed by atoms with Gasteiger partial charge in [-0.15, -0.1) is 12.4 Å². The summed E-state index contributed by atoms with van der Waals surface area (Å²) in [6, 6.07) is 0. The van der Waals surface area contributed by atoms with Crippen molar-refractivity contribution in [2.45, 2.75) is 17.8 Å². The Hall–Kier alpha value is 0.130. The molecular formula is C3H7ClFNO2S. The van der Waals surface area contributed by atoms with Crippen LogP contribution in [0.15, 0.2) is 0 Å². The van der Waals surface area contributed by atoms with Crippen LogP contribution in [-0.2, 0) is 10.0 Å². The van der Waals surface area contributed by atoms with Gasteiger partial charge < -0.3 is 0 Å². The maximum absolute atomic E-state index is 12.3. The van der Waals surface area contributed by atoms with Crippen molar-refractivity contribution in [3.8, 4) is 0 Å². The molecule has 0 saturated heterocycles. The number of hydrogen-bond donors (Lipinski definition) is 1. The Labute approximate surface area is 58.9 Å². The van der Waals surface area contributed by atoms with Gasteiger partial charge in [-0.3, -0.25) is 0 Å². The van der Waals surface area contributed by atoms with Crippen molar-refractivity contribution in [2.75, 3.05) is 0 Å².